The molecular weight excluding hydrogens is 238 g/mol. The van der Waals surface area contributed by atoms with Gasteiger partial charge in [-0.05, 0) is 0 Å². The van der Waals surface area contributed by atoms with E-state index in [0.717, 1.165) is 12.2 Å². The zero-order valence-corrected chi connectivity index (χ0v) is 11.1. The van der Waals surface area contributed by atoms with E-state index in [0.29, 0.717) is 6.54 Å². The van der Waals surface area contributed by atoms with E-state index in [4.69, 9.17) is 4.74 Å². The lowest BCUT2D eigenvalue weighted by atomic mass is 10.2. The average Bonchev–Trinajstić information content (AvgIpc) is 2.34. The molecule has 0 aliphatic heterocycles. The fraction of sp³-hybridized carbons (Fsp3) is 0.583. The first-order chi connectivity index (χ1) is 8.38. The minimum atomic E-state index is -0.647. The number of amides is 1. The van der Waals surface area contributed by atoms with Gasteiger partial charge in [-0.3, -0.25) is 4.79 Å². The SMILES string of the molecule is COC(=O)/C=C/C(=O)OCCN(C)C(=O)C(C)C. The van der Waals surface area contributed by atoms with Crippen molar-refractivity contribution in [1.82, 2.24) is 4.90 Å². The molecule has 0 heterocycles. The number of hydrogen-bond acceptors (Lipinski definition) is 5. The van der Waals surface area contributed by atoms with Crippen LogP contribution in [0.2, 0.25) is 0 Å². The van der Waals surface area contributed by atoms with Gasteiger partial charge in [-0.25, -0.2) is 9.59 Å². The van der Waals surface area contributed by atoms with Gasteiger partial charge in [0.15, 0.2) is 0 Å². The summed E-state index contributed by atoms with van der Waals surface area (Å²) in [4.78, 5) is 34.8. The standard InChI is InChI=1S/C12H19NO5/c1-9(2)12(16)13(3)7-8-18-11(15)6-5-10(14)17-4/h5-6,9H,7-8H2,1-4H3/b6-5+. The van der Waals surface area contributed by atoms with Crippen LogP contribution in [0, 0.1) is 5.92 Å². The lowest BCUT2D eigenvalue weighted by Crippen LogP contribution is -2.33. The Labute approximate surface area is 107 Å². The van der Waals surface area contributed by atoms with Gasteiger partial charge in [-0.1, -0.05) is 13.8 Å². The maximum absolute atomic E-state index is 11.5. The number of carbonyl (C=O) groups excluding carboxylic acids is 3. The maximum atomic E-state index is 11.5. The third-order valence-corrected chi connectivity index (χ3v) is 2.10. The largest absolute Gasteiger partial charge is 0.466 e. The molecule has 0 N–H and O–H groups in total. The van der Waals surface area contributed by atoms with Crippen molar-refractivity contribution in [2.45, 2.75) is 13.8 Å². The van der Waals surface area contributed by atoms with Gasteiger partial charge in [0.1, 0.15) is 6.61 Å². The van der Waals surface area contributed by atoms with Crippen molar-refractivity contribution < 1.29 is 23.9 Å². The van der Waals surface area contributed by atoms with Gasteiger partial charge in [0.25, 0.3) is 0 Å². The number of methoxy groups -OCH3 is 1. The average molecular weight is 257 g/mol. The lowest BCUT2D eigenvalue weighted by Gasteiger charge is -2.18. The molecule has 0 saturated heterocycles. The smallest absolute Gasteiger partial charge is 0.331 e. The van der Waals surface area contributed by atoms with Crippen LogP contribution in [-0.4, -0.2) is 50.1 Å². The summed E-state index contributed by atoms with van der Waals surface area (Å²) >= 11 is 0. The quantitative estimate of drug-likeness (QED) is 0.508. The van der Waals surface area contributed by atoms with Crippen molar-refractivity contribution in [3.05, 3.63) is 12.2 Å². The second-order valence-electron chi connectivity index (χ2n) is 3.94. The minimum Gasteiger partial charge on any atom is -0.466 e. The van der Waals surface area contributed by atoms with E-state index in [1.807, 2.05) is 0 Å². The molecule has 0 rings (SSSR count). The van der Waals surface area contributed by atoms with Crippen molar-refractivity contribution in [2.75, 3.05) is 27.3 Å². The summed E-state index contributed by atoms with van der Waals surface area (Å²) in [7, 11) is 2.85. The van der Waals surface area contributed by atoms with Crippen LogP contribution < -0.4 is 0 Å². The lowest BCUT2D eigenvalue weighted by molar-refractivity contribution is -0.141. The van der Waals surface area contributed by atoms with Crippen LogP contribution in [0.3, 0.4) is 0 Å². The van der Waals surface area contributed by atoms with E-state index in [9.17, 15) is 14.4 Å². The molecule has 6 heteroatoms. The first-order valence-electron chi connectivity index (χ1n) is 5.56. The van der Waals surface area contributed by atoms with E-state index < -0.39 is 11.9 Å². The van der Waals surface area contributed by atoms with Crippen molar-refractivity contribution in [1.29, 1.82) is 0 Å². The van der Waals surface area contributed by atoms with Crippen LogP contribution in [0.4, 0.5) is 0 Å². The number of hydrogen-bond donors (Lipinski definition) is 0. The molecule has 102 valence electrons. The van der Waals surface area contributed by atoms with E-state index in [2.05, 4.69) is 4.74 Å². The van der Waals surface area contributed by atoms with Gasteiger partial charge in [-0.15, -0.1) is 0 Å². The molecule has 0 saturated carbocycles. The zero-order valence-electron chi connectivity index (χ0n) is 11.1. The summed E-state index contributed by atoms with van der Waals surface area (Å²) in [5.74, 6) is -1.38. The number of esters is 2. The molecule has 0 radical (unpaired) electrons. The molecule has 0 spiro atoms. The molecule has 0 atom stereocenters. The summed E-state index contributed by atoms with van der Waals surface area (Å²) in [5, 5.41) is 0. The Morgan fingerprint density at radius 1 is 1.17 bits per heavy atom. The number of nitrogens with zero attached hydrogens (tertiary/aromatic N) is 1. The predicted octanol–water partition coefficient (Wildman–Crippen LogP) is 0.373. The third-order valence-electron chi connectivity index (χ3n) is 2.10. The first kappa shape index (κ1) is 16.1. The fourth-order valence-corrected chi connectivity index (χ4v) is 1.09. The Kier molecular flexibility index (Phi) is 7.42. The first-order valence-corrected chi connectivity index (χ1v) is 5.56. The highest BCUT2D eigenvalue weighted by Gasteiger charge is 2.12. The van der Waals surface area contributed by atoms with Gasteiger partial charge in [-0.2, -0.15) is 0 Å². The summed E-state index contributed by atoms with van der Waals surface area (Å²) in [6, 6.07) is 0. The zero-order chi connectivity index (χ0) is 14.1. The molecule has 18 heavy (non-hydrogen) atoms. The maximum Gasteiger partial charge on any atom is 0.331 e. The van der Waals surface area contributed by atoms with Crippen molar-refractivity contribution in [3.8, 4) is 0 Å². The molecule has 0 aromatic heterocycles. The van der Waals surface area contributed by atoms with E-state index in [1.54, 1.807) is 20.9 Å². The van der Waals surface area contributed by atoms with Gasteiger partial charge in [0.2, 0.25) is 5.91 Å². The van der Waals surface area contributed by atoms with Gasteiger partial charge >= 0.3 is 11.9 Å². The summed E-state index contributed by atoms with van der Waals surface area (Å²) in [5.41, 5.74) is 0. The molecule has 0 fully saturated rings. The second kappa shape index (κ2) is 8.27. The molecule has 0 aromatic carbocycles. The van der Waals surface area contributed by atoms with Crippen LogP contribution in [0.5, 0.6) is 0 Å². The molecule has 0 unspecified atom stereocenters. The van der Waals surface area contributed by atoms with Crippen LogP contribution in [-0.2, 0) is 23.9 Å². The summed E-state index contributed by atoms with van der Waals surface area (Å²) in [6.45, 7) is 3.99. The van der Waals surface area contributed by atoms with Gasteiger partial charge in [0, 0.05) is 25.1 Å². The van der Waals surface area contributed by atoms with Crippen molar-refractivity contribution in [2.24, 2.45) is 5.92 Å². The Morgan fingerprint density at radius 2 is 1.72 bits per heavy atom. The van der Waals surface area contributed by atoms with Gasteiger partial charge < -0.3 is 14.4 Å². The normalized spacial score (nSPS) is 10.5. The summed E-state index contributed by atoms with van der Waals surface area (Å²) < 4.78 is 9.12. The molecule has 0 bridgehead atoms. The monoisotopic (exact) mass is 257 g/mol. The molecule has 0 aromatic rings. The Balaban J connectivity index is 3.91. The van der Waals surface area contributed by atoms with E-state index in [-0.39, 0.29) is 18.4 Å². The fourth-order valence-electron chi connectivity index (χ4n) is 1.09. The number of rotatable bonds is 6. The highest BCUT2D eigenvalue weighted by molar-refractivity contribution is 5.91. The molecule has 1 amide bonds. The van der Waals surface area contributed by atoms with Crippen LogP contribution in [0.15, 0.2) is 12.2 Å². The van der Waals surface area contributed by atoms with E-state index in [1.165, 1.54) is 12.0 Å². The van der Waals surface area contributed by atoms with Crippen LogP contribution >= 0.6 is 0 Å². The molecule has 0 aliphatic carbocycles. The Bertz CT molecular complexity index is 335. The second-order valence-corrected chi connectivity index (χ2v) is 3.94. The number of carbonyl (C=O) groups is 3. The minimum absolute atomic E-state index is 0.0175. The van der Waals surface area contributed by atoms with Crippen LogP contribution in [0.25, 0.3) is 0 Å². The molecule has 0 aliphatic rings. The molecule has 6 nitrogen and oxygen atoms in total. The van der Waals surface area contributed by atoms with Crippen molar-refractivity contribution >= 4 is 17.8 Å². The van der Waals surface area contributed by atoms with Crippen molar-refractivity contribution in [3.63, 3.8) is 0 Å². The van der Waals surface area contributed by atoms with Gasteiger partial charge in [0.05, 0.1) is 13.7 Å². The highest BCUT2D eigenvalue weighted by atomic mass is 16.5. The van der Waals surface area contributed by atoms with Crippen LogP contribution in [0.1, 0.15) is 13.8 Å². The highest BCUT2D eigenvalue weighted by Crippen LogP contribution is 1.98. The Hall–Kier alpha value is -1.85. The predicted molar refractivity (Wildman–Crippen MR) is 64.6 cm³/mol. The number of ether oxygens (including phenoxy) is 2. The van der Waals surface area contributed by atoms with E-state index >= 15 is 0 Å². The Morgan fingerprint density at radius 3 is 2.22 bits per heavy atom. The summed E-state index contributed by atoms with van der Waals surface area (Å²) in [6.07, 6.45) is 1.96. The molecular formula is C12H19NO5. The number of likely N-dealkylation sites (N-methyl/N-ethyl adjacent to an activating group) is 1. The third kappa shape index (κ3) is 6.67. The topological polar surface area (TPSA) is 72.9 Å².